The van der Waals surface area contributed by atoms with E-state index in [2.05, 4.69) is 31.4 Å². The predicted molar refractivity (Wildman–Crippen MR) is 92.4 cm³/mol. The number of benzene rings is 2. The highest BCUT2D eigenvalue weighted by atomic mass is 79.9. The van der Waals surface area contributed by atoms with Gasteiger partial charge in [0.1, 0.15) is 0 Å². The summed E-state index contributed by atoms with van der Waals surface area (Å²) < 4.78 is 0.732. The number of nitrogens with zero attached hydrogens (tertiary/aromatic N) is 1. The number of aromatic nitrogens is 2. The van der Waals surface area contributed by atoms with Gasteiger partial charge in [-0.05, 0) is 46.3 Å². The highest BCUT2D eigenvalue weighted by molar-refractivity contribution is 9.10. The zero-order valence-corrected chi connectivity index (χ0v) is 13.5. The van der Waals surface area contributed by atoms with Gasteiger partial charge in [-0.3, -0.25) is 9.59 Å². The molecule has 0 fully saturated rings. The standard InChI is InChI=1S/C17H12BrN3O2/c18-14-7-2-1-6-13(14)17(23)19-12-5-3-4-11(10-12)15-8-9-16(22)21-20-15/h1-10H,(H,19,23)(H,21,22). The Balaban J connectivity index is 1.86. The minimum Gasteiger partial charge on any atom is -0.322 e. The van der Waals surface area contributed by atoms with E-state index in [1.165, 1.54) is 6.07 Å². The van der Waals surface area contributed by atoms with Gasteiger partial charge in [0.05, 0.1) is 11.3 Å². The molecule has 0 unspecified atom stereocenters. The second-order valence-electron chi connectivity index (χ2n) is 4.82. The Hall–Kier alpha value is -2.73. The highest BCUT2D eigenvalue weighted by Gasteiger charge is 2.10. The fraction of sp³-hybridized carbons (Fsp3) is 0. The minimum atomic E-state index is -0.257. The van der Waals surface area contributed by atoms with Gasteiger partial charge in [0.2, 0.25) is 0 Å². The van der Waals surface area contributed by atoms with E-state index in [9.17, 15) is 9.59 Å². The average Bonchev–Trinajstić information content (AvgIpc) is 2.56. The Kier molecular flexibility index (Phi) is 4.34. The van der Waals surface area contributed by atoms with E-state index in [0.717, 1.165) is 10.0 Å². The number of aromatic amines is 1. The first-order chi connectivity index (χ1) is 11.1. The van der Waals surface area contributed by atoms with Crippen LogP contribution in [0.25, 0.3) is 11.3 Å². The number of hydrogen-bond donors (Lipinski definition) is 2. The Morgan fingerprint density at radius 3 is 2.61 bits per heavy atom. The lowest BCUT2D eigenvalue weighted by Gasteiger charge is -2.08. The Labute approximate surface area is 140 Å². The zero-order valence-electron chi connectivity index (χ0n) is 11.9. The van der Waals surface area contributed by atoms with Crippen LogP contribution >= 0.6 is 15.9 Å². The summed E-state index contributed by atoms with van der Waals surface area (Å²) in [6, 6.07) is 17.5. The van der Waals surface area contributed by atoms with E-state index in [1.54, 1.807) is 30.3 Å². The summed E-state index contributed by atoms with van der Waals surface area (Å²) in [6.45, 7) is 0. The van der Waals surface area contributed by atoms with Crippen molar-refractivity contribution in [1.82, 2.24) is 10.2 Å². The molecule has 2 aromatic carbocycles. The molecule has 0 saturated carbocycles. The summed E-state index contributed by atoms with van der Waals surface area (Å²) in [5, 5.41) is 9.23. The number of rotatable bonds is 3. The second-order valence-corrected chi connectivity index (χ2v) is 5.68. The topological polar surface area (TPSA) is 74.8 Å². The summed E-state index contributed by atoms with van der Waals surface area (Å²) in [7, 11) is 0. The largest absolute Gasteiger partial charge is 0.322 e. The van der Waals surface area contributed by atoms with Crippen LogP contribution in [0.1, 0.15) is 10.4 Å². The minimum absolute atomic E-state index is 0.205. The van der Waals surface area contributed by atoms with Crippen LogP contribution in [-0.4, -0.2) is 16.1 Å². The van der Waals surface area contributed by atoms with Crippen molar-refractivity contribution in [2.75, 3.05) is 5.32 Å². The third-order valence-corrected chi connectivity index (χ3v) is 3.91. The zero-order chi connectivity index (χ0) is 16.2. The van der Waals surface area contributed by atoms with Gasteiger partial charge in [-0.2, -0.15) is 5.10 Å². The summed E-state index contributed by atoms with van der Waals surface area (Å²) in [5.41, 5.74) is 2.37. The van der Waals surface area contributed by atoms with Gasteiger partial charge < -0.3 is 5.32 Å². The smallest absolute Gasteiger partial charge is 0.264 e. The molecule has 0 aliphatic carbocycles. The third kappa shape index (κ3) is 3.54. The molecule has 0 aliphatic heterocycles. The molecule has 0 saturated heterocycles. The van der Waals surface area contributed by atoms with E-state index in [0.29, 0.717) is 16.9 Å². The molecule has 1 aromatic heterocycles. The van der Waals surface area contributed by atoms with E-state index < -0.39 is 0 Å². The van der Waals surface area contributed by atoms with Gasteiger partial charge >= 0.3 is 0 Å². The Morgan fingerprint density at radius 1 is 1.04 bits per heavy atom. The molecule has 114 valence electrons. The van der Waals surface area contributed by atoms with E-state index in [-0.39, 0.29) is 11.5 Å². The molecule has 0 aliphatic rings. The molecule has 3 rings (SSSR count). The summed E-state index contributed by atoms with van der Waals surface area (Å²) in [4.78, 5) is 23.4. The number of H-pyrrole nitrogens is 1. The van der Waals surface area contributed by atoms with Gasteiger partial charge in [0, 0.05) is 21.8 Å². The number of nitrogens with one attached hydrogen (secondary N) is 2. The molecule has 1 amide bonds. The fourth-order valence-electron chi connectivity index (χ4n) is 2.11. The van der Waals surface area contributed by atoms with Crippen LogP contribution in [0, 0.1) is 0 Å². The molecule has 0 atom stereocenters. The van der Waals surface area contributed by atoms with Crippen LogP contribution in [0.2, 0.25) is 0 Å². The van der Waals surface area contributed by atoms with Crippen LogP contribution in [0.15, 0.2) is 69.9 Å². The third-order valence-electron chi connectivity index (χ3n) is 3.21. The number of hydrogen-bond acceptors (Lipinski definition) is 3. The lowest BCUT2D eigenvalue weighted by molar-refractivity contribution is 0.102. The number of carbonyl (C=O) groups is 1. The molecule has 6 heteroatoms. The lowest BCUT2D eigenvalue weighted by atomic mass is 10.1. The van der Waals surface area contributed by atoms with Crippen LogP contribution in [-0.2, 0) is 0 Å². The van der Waals surface area contributed by atoms with Gasteiger partial charge in [-0.15, -0.1) is 0 Å². The van der Waals surface area contributed by atoms with Crippen molar-refractivity contribution in [3.05, 3.63) is 81.1 Å². The van der Waals surface area contributed by atoms with E-state index in [4.69, 9.17) is 0 Å². The van der Waals surface area contributed by atoms with Crippen molar-refractivity contribution in [2.24, 2.45) is 0 Å². The lowest BCUT2D eigenvalue weighted by Crippen LogP contribution is -2.12. The van der Waals surface area contributed by atoms with Gasteiger partial charge in [0.25, 0.3) is 11.5 Å². The first-order valence-electron chi connectivity index (χ1n) is 6.85. The molecule has 5 nitrogen and oxygen atoms in total. The molecular weight excluding hydrogens is 358 g/mol. The fourth-order valence-corrected chi connectivity index (χ4v) is 2.57. The van der Waals surface area contributed by atoms with Gasteiger partial charge in [0.15, 0.2) is 0 Å². The van der Waals surface area contributed by atoms with Crippen molar-refractivity contribution < 1.29 is 4.79 Å². The monoisotopic (exact) mass is 369 g/mol. The number of halogens is 1. The number of carbonyl (C=O) groups excluding carboxylic acids is 1. The van der Waals surface area contributed by atoms with Crippen LogP contribution in [0.3, 0.4) is 0 Å². The maximum atomic E-state index is 12.3. The maximum absolute atomic E-state index is 12.3. The normalized spacial score (nSPS) is 10.3. The Bertz CT molecular complexity index is 901. The number of anilines is 1. The second kappa shape index (κ2) is 6.58. The molecule has 1 heterocycles. The molecular formula is C17H12BrN3O2. The average molecular weight is 370 g/mol. The first kappa shape index (κ1) is 15.2. The van der Waals surface area contributed by atoms with Crippen LogP contribution in [0.5, 0.6) is 0 Å². The Morgan fingerprint density at radius 2 is 1.87 bits per heavy atom. The first-order valence-corrected chi connectivity index (χ1v) is 7.65. The molecule has 2 N–H and O–H groups in total. The van der Waals surface area contributed by atoms with Crippen molar-refractivity contribution in [1.29, 1.82) is 0 Å². The van der Waals surface area contributed by atoms with E-state index in [1.807, 2.05) is 24.3 Å². The summed E-state index contributed by atoms with van der Waals surface area (Å²) >= 11 is 3.36. The SMILES string of the molecule is O=C(Nc1cccc(-c2ccc(=O)[nH]n2)c1)c1ccccc1Br. The summed E-state index contributed by atoms with van der Waals surface area (Å²) in [5.74, 6) is -0.205. The molecule has 3 aromatic rings. The molecule has 0 spiro atoms. The van der Waals surface area contributed by atoms with Crippen molar-refractivity contribution in [3.63, 3.8) is 0 Å². The van der Waals surface area contributed by atoms with Gasteiger partial charge in [-0.1, -0.05) is 24.3 Å². The van der Waals surface area contributed by atoms with Crippen LogP contribution < -0.4 is 10.9 Å². The van der Waals surface area contributed by atoms with Crippen molar-refractivity contribution in [3.8, 4) is 11.3 Å². The maximum Gasteiger partial charge on any atom is 0.264 e. The summed E-state index contributed by atoms with van der Waals surface area (Å²) in [6.07, 6.45) is 0. The van der Waals surface area contributed by atoms with Crippen molar-refractivity contribution in [2.45, 2.75) is 0 Å². The highest BCUT2D eigenvalue weighted by Crippen LogP contribution is 2.22. The van der Waals surface area contributed by atoms with E-state index >= 15 is 0 Å². The molecule has 0 radical (unpaired) electrons. The van der Waals surface area contributed by atoms with Crippen molar-refractivity contribution >= 4 is 27.5 Å². The quantitative estimate of drug-likeness (QED) is 0.742. The predicted octanol–water partition coefficient (Wildman–Crippen LogP) is 3.45. The molecule has 23 heavy (non-hydrogen) atoms. The van der Waals surface area contributed by atoms with Gasteiger partial charge in [-0.25, -0.2) is 5.10 Å². The van der Waals surface area contributed by atoms with Crippen LogP contribution in [0.4, 0.5) is 5.69 Å². The number of amides is 1. The molecule has 0 bridgehead atoms.